The van der Waals surface area contributed by atoms with E-state index < -0.39 is 11.2 Å². The third kappa shape index (κ3) is 8.91. The SMILES string of the molecule is CCO[C@@H]1CN(c2nc(-c3cc(C)ccc3OCc3cc(C)c4c(c3F)CCN(C(=O)OC(C)(C)C)C4)cs2)CC[C@@H]1C(=O)OC(C)(C)C. The zero-order chi connectivity index (χ0) is 35.7. The average Bonchev–Trinajstić information content (AvgIpc) is 3.51. The molecule has 9 nitrogen and oxygen atoms in total. The molecule has 1 amide bonds. The van der Waals surface area contributed by atoms with E-state index in [9.17, 15) is 9.59 Å². The summed E-state index contributed by atoms with van der Waals surface area (Å²) in [6.07, 6.45) is 0.333. The van der Waals surface area contributed by atoms with E-state index in [1.54, 1.807) is 4.90 Å². The second kappa shape index (κ2) is 14.6. The summed E-state index contributed by atoms with van der Waals surface area (Å²) in [6.45, 7) is 19.5. The van der Waals surface area contributed by atoms with Crippen molar-refractivity contribution in [3.8, 4) is 17.0 Å². The highest BCUT2D eigenvalue weighted by molar-refractivity contribution is 7.14. The quantitative estimate of drug-likeness (QED) is 0.219. The number of ether oxygens (including phenoxy) is 4. The van der Waals surface area contributed by atoms with E-state index in [4.69, 9.17) is 23.9 Å². The van der Waals surface area contributed by atoms with Crippen molar-refractivity contribution in [1.29, 1.82) is 0 Å². The van der Waals surface area contributed by atoms with Gasteiger partial charge in [0.1, 0.15) is 29.4 Å². The number of benzene rings is 2. The molecule has 2 aliphatic rings. The van der Waals surface area contributed by atoms with E-state index in [0.717, 1.165) is 33.1 Å². The van der Waals surface area contributed by atoms with Gasteiger partial charge in [0.05, 0.1) is 17.7 Å². The Balaban J connectivity index is 1.30. The third-order valence-electron chi connectivity index (χ3n) is 8.62. The number of rotatable bonds is 8. The smallest absolute Gasteiger partial charge is 0.410 e. The minimum atomic E-state index is -0.596. The second-order valence-electron chi connectivity index (χ2n) is 14.9. The second-order valence-corrected chi connectivity index (χ2v) is 15.8. The molecule has 11 heteroatoms. The van der Waals surface area contributed by atoms with Gasteiger partial charge >= 0.3 is 12.1 Å². The summed E-state index contributed by atoms with van der Waals surface area (Å²) < 4.78 is 39.5. The van der Waals surface area contributed by atoms with Crippen molar-refractivity contribution in [3.05, 3.63) is 63.3 Å². The fraction of sp³-hybridized carbons (Fsp3) is 0.553. The zero-order valence-electron chi connectivity index (χ0n) is 30.3. The first-order valence-corrected chi connectivity index (χ1v) is 18.0. The lowest BCUT2D eigenvalue weighted by atomic mass is 9.92. The number of halogens is 1. The molecule has 0 bridgehead atoms. The number of hydrogen-bond donors (Lipinski definition) is 0. The highest BCUT2D eigenvalue weighted by Gasteiger charge is 2.38. The summed E-state index contributed by atoms with van der Waals surface area (Å²) in [6, 6.07) is 7.73. The van der Waals surface area contributed by atoms with Gasteiger partial charge < -0.3 is 28.7 Å². The molecule has 0 N–H and O–H groups in total. The van der Waals surface area contributed by atoms with Gasteiger partial charge in [-0.15, -0.1) is 11.3 Å². The number of amides is 1. The summed E-state index contributed by atoms with van der Waals surface area (Å²) in [5, 5.41) is 2.85. The summed E-state index contributed by atoms with van der Waals surface area (Å²) in [4.78, 5) is 34.5. The summed E-state index contributed by atoms with van der Waals surface area (Å²) >= 11 is 1.54. The van der Waals surface area contributed by atoms with Crippen LogP contribution in [-0.2, 0) is 38.6 Å². The van der Waals surface area contributed by atoms with Crippen LogP contribution in [0.2, 0.25) is 0 Å². The molecule has 2 aromatic carbocycles. The van der Waals surface area contributed by atoms with Crippen LogP contribution in [0.5, 0.6) is 5.75 Å². The fourth-order valence-electron chi connectivity index (χ4n) is 6.34. The molecule has 2 atom stereocenters. The van der Waals surface area contributed by atoms with Crippen molar-refractivity contribution < 1.29 is 32.9 Å². The monoisotopic (exact) mass is 695 g/mol. The molecule has 0 spiro atoms. The lowest BCUT2D eigenvalue weighted by molar-refractivity contribution is -0.166. The van der Waals surface area contributed by atoms with E-state index >= 15 is 4.39 Å². The van der Waals surface area contributed by atoms with Crippen LogP contribution < -0.4 is 9.64 Å². The van der Waals surface area contributed by atoms with Gasteiger partial charge in [0.2, 0.25) is 0 Å². The van der Waals surface area contributed by atoms with E-state index in [0.29, 0.717) is 62.5 Å². The minimum absolute atomic E-state index is 0.0526. The molecule has 266 valence electrons. The molecule has 5 rings (SSSR count). The number of hydrogen-bond acceptors (Lipinski definition) is 9. The summed E-state index contributed by atoms with van der Waals surface area (Å²) in [7, 11) is 0. The van der Waals surface area contributed by atoms with Crippen LogP contribution in [0.3, 0.4) is 0 Å². The molecule has 0 unspecified atom stereocenters. The highest BCUT2D eigenvalue weighted by atomic mass is 32.1. The molecule has 3 heterocycles. The Hall–Kier alpha value is -3.70. The number of aryl methyl sites for hydroxylation is 2. The topological polar surface area (TPSA) is 90.4 Å². The van der Waals surface area contributed by atoms with Crippen LogP contribution in [-0.4, -0.2) is 65.5 Å². The number of esters is 1. The van der Waals surface area contributed by atoms with Gasteiger partial charge in [-0.3, -0.25) is 4.79 Å². The normalized spacial score (nSPS) is 18.2. The molecule has 1 aromatic heterocycles. The standard InChI is InChI=1S/C38H50FN3O6S/c1-10-45-32-20-41(15-14-27(32)34(43)47-37(4,5)6)35-40-30(22-49-35)28-17-23(2)11-12-31(28)46-21-25-18-24(3)29-19-42(16-13-26(29)33(25)39)36(44)48-38(7,8)9/h11-12,17-18,22,27,32H,10,13-16,19-21H2,1-9H3/t27-,32+/m0/s1. The van der Waals surface area contributed by atoms with Gasteiger partial charge in [0, 0.05) is 49.3 Å². The number of carbonyl (C=O) groups is 2. The maximum absolute atomic E-state index is 15.9. The van der Waals surface area contributed by atoms with Crippen molar-refractivity contribution in [3.63, 3.8) is 0 Å². The van der Waals surface area contributed by atoms with Gasteiger partial charge in [-0.2, -0.15) is 0 Å². The number of nitrogens with zero attached hydrogens (tertiary/aromatic N) is 3. The first-order chi connectivity index (χ1) is 23.0. The average molecular weight is 696 g/mol. The number of piperidine rings is 1. The predicted molar refractivity (Wildman–Crippen MR) is 190 cm³/mol. The number of anilines is 1. The Bertz CT molecular complexity index is 1680. The largest absolute Gasteiger partial charge is 0.488 e. The minimum Gasteiger partial charge on any atom is -0.488 e. The molecular formula is C38H50FN3O6S. The Morgan fingerprint density at radius 1 is 1.02 bits per heavy atom. The van der Waals surface area contributed by atoms with Gasteiger partial charge in [0.15, 0.2) is 5.13 Å². The van der Waals surface area contributed by atoms with Crippen molar-refractivity contribution in [2.75, 3.05) is 31.1 Å². The van der Waals surface area contributed by atoms with Gasteiger partial charge in [-0.1, -0.05) is 11.6 Å². The van der Waals surface area contributed by atoms with E-state index in [-0.39, 0.29) is 36.5 Å². The Morgan fingerprint density at radius 3 is 2.45 bits per heavy atom. The van der Waals surface area contributed by atoms with E-state index in [1.807, 2.05) is 92.0 Å². The Labute approximate surface area is 293 Å². The highest BCUT2D eigenvalue weighted by Crippen LogP contribution is 2.37. The van der Waals surface area contributed by atoms with Crippen molar-refractivity contribution in [2.24, 2.45) is 5.92 Å². The van der Waals surface area contributed by atoms with Gasteiger partial charge in [-0.05, 0) is 110 Å². The van der Waals surface area contributed by atoms with Crippen LogP contribution in [0.4, 0.5) is 14.3 Å². The lowest BCUT2D eigenvalue weighted by Crippen LogP contribution is -2.49. The lowest BCUT2D eigenvalue weighted by Gasteiger charge is -2.38. The van der Waals surface area contributed by atoms with E-state index in [2.05, 4.69) is 4.90 Å². The predicted octanol–water partition coefficient (Wildman–Crippen LogP) is 8.01. The van der Waals surface area contributed by atoms with Crippen LogP contribution in [0.25, 0.3) is 11.3 Å². The number of carbonyl (C=O) groups excluding carboxylic acids is 2. The molecule has 3 aromatic rings. The van der Waals surface area contributed by atoms with Crippen molar-refractivity contribution in [1.82, 2.24) is 9.88 Å². The zero-order valence-corrected chi connectivity index (χ0v) is 31.1. The molecule has 1 saturated heterocycles. The summed E-state index contributed by atoms with van der Waals surface area (Å²) in [5.74, 6) is -0.222. The van der Waals surface area contributed by atoms with Gasteiger partial charge in [0.25, 0.3) is 0 Å². The van der Waals surface area contributed by atoms with Crippen LogP contribution >= 0.6 is 11.3 Å². The number of fused-ring (bicyclic) bond motifs is 1. The summed E-state index contributed by atoms with van der Waals surface area (Å²) in [5.41, 5.74) is 4.34. The van der Waals surface area contributed by atoms with E-state index in [1.165, 1.54) is 11.3 Å². The van der Waals surface area contributed by atoms with Crippen LogP contribution in [0.15, 0.2) is 29.6 Å². The van der Waals surface area contributed by atoms with Crippen LogP contribution in [0.1, 0.15) is 82.7 Å². The Kier molecular flexibility index (Phi) is 10.9. The maximum Gasteiger partial charge on any atom is 0.410 e. The third-order valence-corrected chi connectivity index (χ3v) is 9.52. The van der Waals surface area contributed by atoms with Crippen LogP contribution in [0, 0.1) is 25.6 Å². The molecule has 0 aliphatic carbocycles. The van der Waals surface area contributed by atoms with Crippen molar-refractivity contribution >= 4 is 28.5 Å². The molecular weight excluding hydrogens is 645 g/mol. The fourth-order valence-corrected chi connectivity index (χ4v) is 7.20. The van der Waals surface area contributed by atoms with Crippen molar-refractivity contribution in [2.45, 2.75) is 106 Å². The molecule has 0 radical (unpaired) electrons. The molecule has 1 fully saturated rings. The number of thiazole rings is 1. The maximum atomic E-state index is 15.9. The number of aromatic nitrogens is 1. The molecule has 49 heavy (non-hydrogen) atoms. The van der Waals surface area contributed by atoms with Gasteiger partial charge in [-0.25, -0.2) is 14.2 Å². The molecule has 0 saturated carbocycles. The molecule has 2 aliphatic heterocycles. The first kappa shape index (κ1) is 36.6. The Morgan fingerprint density at radius 2 is 1.76 bits per heavy atom. The first-order valence-electron chi connectivity index (χ1n) is 17.1.